The molecule has 0 bridgehead atoms. The van der Waals surface area contributed by atoms with E-state index in [0.29, 0.717) is 0 Å². The largest absolute Gasteiger partial charge is 0.493 e. The molecule has 0 aliphatic rings. The van der Waals surface area contributed by atoms with Crippen LogP contribution in [0.4, 0.5) is 0 Å². The first kappa shape index (κ1) is 13.4. The first-order chi connectivity index (χ1) is 8.31. The third kappa shape index (κ3) is 4.40. The Morgan fingerprint density at radius 1 is 1.06 bits per heavy atom. The zero-order chi connectivity index (χ0) is 12.5. The Bertz CT molecular complexity index is 399. The smallest absolute Gasteiger partial charge is 0.161 e. The zero-order valence-electron chi connectivity index (χ0n) is 10.9. The number of methoxy groups -OCH3 is 2. The van der Waals surface area contributed by atoms with Gasteiger partial charge in [0.05, 0.1) is 14.2 Å². The maximum absolute atomic E-state index is 5.23. The van der Waals surface area contributed by atoms with E-state index in [2.05, 4.69) is 18.8 Å². The van der Waals surface area contributed by atoms with Crippen LogP contribution >= 0.6 is 0 Å². The number of hydrogen-bond acceptors (Lipinski definition) is 2. The van der Waals surface area contributed by atoms with Crippen molar-refractivity contribution in [1.82, 2.24) is 0 Å². The summed E-state index contributed by atoms with van der Waals surface area (Å²) in [4.78, 5) is 0. The number of hydrogen-bond donors (Lipinski definition) is 0. The lowest BCUT2D eigenvalue weighted by atomic mass is 10.1. The summed E-state index contributed by atoms with van der Waals surface area (Å²) < 4.78 is 10.4. The van der Waals surface area contributed by atoms with Gasteiger partial charge in [-0.15, -0.1) is 0 Å². The van der Waals surface area contributed by atoms with E-state index >= 15 is 0 Å². The van der Waals surface area contributed by atoms with Crippen LogP contribution in [-0.4, -0.2) is 14.2 Å². The molecule has 92 valence electrons. The number of rotatable bonds is 5. The summed E-state index contributed by atoms with van der Waals surface area (Å²) >= 11 is 0. The van der Waals surface area contributed by atoms with Crippen molar-refractivity contribution >= 4 is 0 Å². The Morgan fingerprint density at radius 3 is 2.47 bits per heavy atom. The van der Waals surface area contributed by atoms with Crippen LogP contribution in [0.5, 0.6) is 11.5 Å². The standard InChI is InChI=1S/C15H20O2/c1-4-5-6-7-8-9-13-10-11-14(16-2)15(12-13)17-3/h10-12H,4-7H2,1-3H3. The molecule has 17 heavy (non-hydrogen) atoms. The molecule has 0 aromatic heterocycles. The van der Waals surface area contributed by atoms with Crippen molar-refractivity contribution in [3.8, 4) is 23.3 Å². The second-order valence-corrected chi connectivity index (χ2v) is 3.83. The number of unbranched alkanes of at least 4 members (excludes halogenated alkanes) is 3. The molecule has 0 aliphatic heterocycles. The predicted molar refractivity (Wildman–Crippen MR) is 70.6 cm³/mol. The van der Waals surface area contributed by atoms with Crippen LogP contribution in [-0.2, 0) is 0 Å². The minimum Gasteiger partial charge on any atom is -0.493 e. The lowest BCUT2D eigenvalue weighted by molar-refractivity contribution is 0.355. The van der Waals surface area contributed by atoms with Crippen LogP contribution in [0.15, 0.2) is 18.2 Å². The van der Waals surface area contributed by atoms with Gasteiger partial charge in [0, 0.05) is 12.0 Å². The highest BCUT2D eigenvalue weighted by molar-refractivity contribution is 5.48. The normalized spacial score (nSPS) is 9.35. The topological polar surface area (TPSA) is 18.5 Å². The second kappa shape index (κ2) is 7.62. The molecule has 1 aromatic rings. The predicted octanol–water partition coefficient (Wildman–Crippen LogP) is 3.64. The first-order valence-corrected chi connectivity index (χ1v) is 6.02. The molecule has 0 radical (unpaired) electrons. The average Bonchev–Trinajstić information content (AvgIpc) is 2.38. The van der Waals surface area contributed by atoms with E-state index in [9.17, 15) is 0 Å². The van der Waals surface area contributed by atoms with Gasteiger partial charge < -0.3 is 9.47 Å². The van der Waals surface area contributed by atoms with E-state index in [1.807, 2.05) is 18.2 Å². The molecule has 1 aromatic carbocycles. The van der Waals surface area contributed by atoms with Crippen molar-refractivity contribution in [2.45, 2.75) is 32.6 Å². The fourth-order valence-electron chi connectivity index (χ4n) is 1.54. The maximum atomic E-state index is 5.23. The Morgan fingerprint density at radius 2 is 1.82 bits per heavy atom. The molecule has 0 spiro atoms. The van der Waals surface area contributed by atoms with Crippen LogP contribution < -0.4 is 9.47 Å². The molecule has 1 rings (SSSR count). The van der Waals surface area contributed by atoms with Crippen molar-refractivity contribution in [3.05, 3.63) is 23.8 Å². The number of benzene rings is 1. The van der Waals surface area contributed by atoms with E-state index < -0.39 is 0 Å². The van der Waals surface area contributed by atoms with E-state index in [4.69, 9.17) is 9.47 Å². The van der Waals surface area contributed by atoms with Gasteiger partial charge in [0.1, 0.15) is 0 Å². The molecule has 0 N–H and O–H groups in total. The molecule has 0 amide bonds. The monoisotopic (exact) mass is 232 g/mol. The van der Waals surface area contributed by atoms with Gasteiger partial charge in [0.2, 0.25) is 0 Å². The summed E-state index contributed by atoms with van der Waals surface area (Å²) in [5, 5.41) is 0. The van der Waals surface area contributed by atoms with E-state index in [-0.39, 0.29) is 0 Å². The van der Waals surface area contributed by atoms with Crippen molar-refractivity contribution in [2.75, 3.05) is 14.2 Å². The molecular formula is C15H20O2. The molecule has 0 atom stereocenters. The lowest BCUT2D eigenvalue weighted by Crippen LogP contribution is -1.90. The van der Waals surface area contributed by atoms with Crippen molar-refractivity contribution < 1.29 is 9.47 Å². The number of ether oxygens (including phenoxy) is 2. The third-order valence-electron chi connectivity index (χ3n) is 2.52. The molecule has 0 saturated carbocycles. The van der Waals surface area contributed by atoms with Crippen LogP contribution in [0.1, 0.15) is 38.2 Å². The molecule has 0 unspecified atom stereocenters. The molecule has 2 heteroatoms. The highest BCUT2D eigenvalue weighted by Gasteiger charge is 2.02. The van der Waals surface area contributed by atoms with Gasteiger partial charge in [-0.3, -0.25) is 0 Å². The van der Waals surface area contributed by atoms with Gasteiger partial charge >= 0.3 is 0 Å². The highest BCUT2D eigenvalue weighted by atomic mass is 16.5. The molecular weight excluding hydrogens is 212 g/mol. The fourth-order valence-corrected chi connectivity index (χ4v) is 1.54. The van der Waals surface area contributed by atoms with Crippen LogP contribution in [0.3, 0.4) is 0 Å². The van der Waals surface area contributed by atoms with Gasteiger partial charge in [0.25, 0.3) is 0 Å². The van der Waals surface area contributed by atoms with Crippen LogP contribution in [0, 0.1) is 11.8 Å². The van der Waals surface area contributed by atoms with E-state index in [1.165, 1.54) is 19.3 Å². The maximum Gasteiger partial charge on any atom is 0.161 e. The lowest BCUT2D eigenvalue weighted by Gasteiger charge is -2.06. The van der Waals surface area contributed by atoms with Gasteiger partial charge in [0.15, 0.2) is 11.5 Å². The molecule has 0 fully saturated rings. The summed E-state index contributed by atoms with van der Waals surface area (Å²) in [6.45, 7) is 2.20. The van der Waals surface area contributed by atoms with Gasteiger partial charge in [-0.1, -0.05) is 31.6 Å². The quantitative estimate of drug-likeness (QED) is 0.570. The Balaban J connectivity index is 2.65. The molecule has 0 saturated heterocycles. The summed E-state index contributed by atoms with van der Waals surface area (Å²) in [5.41, 5.74) is 0.971. The van der Waals surface area contributed by atoms with Crippen molar-refractivity contribution in [2.24, 2.45) is 0 Å². The Hall–Kier alpha value is -1.62. The van der Waals surface area contributed by atoms with Gasteiger partial charge in [-0.2, -0.15) is 0 Å². The van der Waals surface area contributed by atoms with E-state index in [0.717, 1.165) is 23.5 Å². The SMILES string of the molecule is CCCCCC#Cc1ccc(OC)c(OC)c1. The fraction of sp³-hybridized carbons (Fsp3) is 0.467. The van der Waals surface area contributed by atoms with Crippen molar-refractivity contribution in [3.63, 3.8) is 0 Å². The van der Waals surface area contributed by atoms with Gasteiger partial charge in [-0.05, 0) is 24.6 Å². The van der Waals surface area contributed by atoms with Crippen molar-refractivity contribution in [1.29, 1.82) is 0 Å². The van der Waals surface area contributed by atoms with Crippen LogP contribution in [0.25, 0.3) is 0 Å². The molecule has 0 aliphatic carbocycles. The third-order valence-corrected chi connectivity index (χ3v) is 2.52. The van der Waals surface area contributed by atoms with E-state index in [1.54, 1.807) is 14.2 Å². The summed E-state index contributed by atoms with van der Waals surface area (Å²) in [6.07, 6.45) is 4.62. The summed E-state index contributed by atoms with van der Waals surface area (Å²) in [5.74, 6) is 7.79. The summed E-state index contributed by atoms with van der Waals surface area (Å²) in [6, 6.07) is 5.74. The minimum atomic E-state index is 0.729. The average molecular weight is 232 g/mol. The Kier molecular flexibility index (Phi) is 6.03. The second-order valence-electron chi connectivity index (χ2n) is 3.83. The zero-order valence-corrected chi connectivity index (χ0v) is 10.9. The molecule has 0 heterocycles. The van der Waals surface area contributed by atoms with Gasteiger partial charge in [-0.25, -0.2) is 0 Å². The van der Waals surface area contributed by atoms with Crippen LogP contribution in [0.2, 0.25) is 0 Å². The highest BCUT2D eigenvalue weighted by Crippen LogP contribution is 2.27. The molecule has 2 nitrogen and oxygen atoms in total. The summed E-state index contributed by atoms with van der Waals surface area (Å²) in [7, 11) is 3.27. The minimum absolute atomic E-state index is 0.729. The Labute approximate surface area is 104 Å². The first-order valence-electron chi connectivity index (χ1n) is 6.02.